The van der Waals surface area contributed by atoms with Crippen molar-refractivity contribution in [2.75, 3.05) is 6.61 Å². The summed E-state index contributed by atoms with van der Waals surface area (Å²) < 4.78 is 10.8. The number of carbonyl (C=O) groups is 2. The fourth-order valence-electron chi connectivity index (χ4n) is 1.99. The Bertz CT molecular complexity index is 488. The predicted octanol–water partition coefficient (Wildman–Crippen LogP) is 0.796. The first-order chi connectivity index (χ1) is 9.08. The number of carbonyl (C=O) groups excluding carboxylic acids is 1. The summed E-state index contributed by atoms with van der Waals surface area (Å²) in [6, 6.07) is 6.65. The van der Waals surface area contributed by atoms with Crippen LogP contribution in [-0.4, -0.2) is 35.8 Å². The molecule has 1 aliphatic heterocycles. The molecule has 2 rings (SSSR count). The highest BCUT2D eigenvalue weighted by molar-refractivity contribution is 5.95. The largest absolute Gasteiger partial charge is 0.490 e. The first-order valence-corrected chi connectivity index (χ1v) is 5.98. The Labute approximate surface area is 110 Å². The molecule has 0 saturated carbocycles. The molecule has 0 aliphatic carbocycles. The second-order valence-electron chi connectivity index (χ2n) is 4.33. The van der Waals surface area contributed by atoms with E-state index in [9.17, 15) is 9.59 Å². The summed E-state index contributed by atoms with van der Waals surface area (Å²) in [4.78, 5) is 21.9. The van der Waals surface area contributed by atoms with Crippen LogP contribution in [0.5, 0.6) is 5.75 Å². The van der Waals surface area contributed by atoms with Gasteiger partial charge in [0.15, 0.2) is 6.10 Å². The normalized spacial score (nSPS) is 22.1. The van der Waals surface area contributed by atoms with E-state index in [1.54, 1.807) is 24.3 Å². The minimum absolute atomic E-state index is 0.202. The van der Waals surface area contributed by atoms with Gasteiger partial charge >= 0.3 is 5.97 Å². The van der Waals surface area contributed by atoms with Crippen LogP contribution in [0.1, 0.15) is 23.2 Å². The third-order valence-corrected chi connectivity index (χ3v) is 2.96. The highest BCUT2D eigenvalue weighted by atomic mass is 16.6. The number of hydrogen-bond donors (Lipinski definition) is 2. The molecular weight excluding hydrogens is 250 g/mol. The van der Waals surface area contributed by atoms with E-state index in [-0.39, 0.29) is 12.7 Å². The Balaban J connectivity index is 1.93. The van der Waals surface area contributed by atoms with Gasteiger partial charge in [-0.25, -0.2) is 4.79 Å². The SMILES string of the molecule is NC(=O)c1ccccc1OCC1CCC(C(=O)O)O1. The van der Waals surface area contributed by atoms with Crippen LogP contribution < -0.4 is 10.5 Å². The van der Waals surface area contributed by atoms with Gasteiger partial charge in [-0.05, 0) is 25.0 Å². The molecule has 1 amide bonds. The number of nitrogens with two attached hydrogens (primary N) is 1. The lowest BCUT2D eigenvalue weighted by Crippen LogP contribution is -2.24. The summed E-state index contributed by atoms with van der Waals surface area (Å²) >= 11 is 0. The topological polar surface area (TPSA) is 98.9 Å². The molecule has 1 heterocycles. The second kappa shape index (κ2) is 5.71. The van der Waals surface area contributed by atoms with Gasteiger partial charge in [-0.3, -0.25) is 4.79 Å². The molecule has 1 saturated heterocycles. The number of aliphatic carboxylic acids is 1. The summed E-state index contributed by atoms with van der Waals surface area (Å²) in [5, 5.41) is 8.81. The molecule has 6 nitrogen and oxygen atoms in total. The van der Waals surface area contributed by atoms with Crippen molar-refractivity contribution in [1.29, 1.82) is 0 Å². The average molecular weight is 265 g/mol. The van der Waals surface area contributed by atoms with Crippen LogP contribution in [0.3, 0.4) is 0 Å². The lowest BCUT2D eigenvalue weighted by Gasteiger charge is -2.14. The molecule has 1 aliphatic rings. The van der Waals surface area contributed by atoms with Gasteiger partial charge in [0.2, 0.25) is 0 Å². The third kappa shape index (κ3) is 3.23. The zero-order chi connectivity index (χ0) is 13.8. The van der Waals surface area contributed by atoms with E-state index in [0.717, 1.165) is 0 Å². The van der Waals surface area contributed by atoms with Gasteiger partial charge in [0, 0.05) is 0 Å². The molecule has 19 heavy (non-hydrogen) atoms. The molecular formula is C13H15NO5. The standard InChI is InChI=1S/C13H15NO5/c14-12(15)9-3-1-2-4-10(9)18-7-8-5-6-11(19-8)13(16)17/h1-4,8,11H,5-7H2,(H2,14,15)(H,16,17). The summed E-state index contributed by atoms with van der Waals surface area (Å²) in [5.41, 5.74) is 5.53. The molecule has 1 fully saturated rings. The maximum absolute atomic E-state index is 11.2. The van der Waals surface area contributed by atoms with Crippen molar-refractivity contribution < 1.29 is 24.2 Å². The van der Waals surface area contributed by atoms with E-state index < -0.39 is 18.0 Å². The molecule has 1 aromatic rings. The van der Waals surface area contributed by atoms with E-state index in [1.807, 2.05) is 0 Å². The summed E-state index contributed by atoms with van der Waals surface area (Å²) in [7, 11) is 0. The summed E-state index contributed by atoms with van der Waals surface area (Å²) in [6.45, 7) is 0.202. The monoisotopic (exact) mass is 265 g/mol. The van der Waals surface area contributed by atoms with Gasteiger partial charge in [-0.2, -0.15) is 0 Å². The first-order valence-electron chi connectivity index (χ1n) is 5.98. The Kier molecular flexibility index (Phi) is 4.01. The Hall–Kier alpha value is -2.08. The van der Waals surface area contributed by atoms with Crippen LogP contribution in [0.4, 0.5) is 0 Å². The van der Waals surface area contributed by atoms with E-state index in [2.05, 4.69) is 0 Å². The average Bonchev–Trinajstić information content (AvgIpc) is 2.85. The Morgan fingerprint density at radius 1 is 1.37 bits per heavy atom. The minimum atomic E-state index is -0.958. The van der Waals surface area contributed by atoms with Crippen LogP contribution >= 0.6 is 0 Å². The fourth-order valence-corrected chi connectivity index (χ4v) is 1.99. The number of carboxylic acids is 1. The van der Waals surface area contributed by atoms with Gasteiger partial charge in [-0.1, -0.05) is 12.1 Å². The number of carboxylic acid groups (broad SMARTS) is 1. The summed E-state index contributed by atoms with van der Waals surface area (Å²) in [5.74, 6) is -1.14. The molecule has 0 spiro atoms. The first kappa shape index (κ1) is 13.4. The lowest BCUT2D eigenvalue weighted by atomic mass is 10.2. The van der Waals surface area contributed by atoms with Crippen molar-refractivity contribution in [2.45, 2.75) is 25.0 Å². The second-order valence-corrected chi connectivity index (χ2v) is 4.33. The van der Waals surface area contributed by atoms with E-state index in [1.165, 1.54) is 0 Å². The van der Waals surface area contributed by atoms with Crippen molar-refractivity contribution >= 4 is 11.9 Å². The molecule has 6 heteroatoms. The lowest BCUT2D eigenvalue weighted by molar-refractivity contribution is -0.149. The van der Waals surface area contributed by atoms with Crippen molar-refractivity contribution in [3.63, 3.8) is 0 Å². The maximum atomic E-state index is 11.2. The quantitative estimate of drug-likeness (QED) is 0.820. The highest BCUT2D eigenvalue weighted by Crippen LogP contribution is 2.22. The van der Waals surface area contributed by atoms with Gasteiger partial charge in [0.25, 0.3) is 5.91 Å². The van der Waals surface area contributed by atoms with E-state index in [0.29, 0.717) is 24.2 Å². The minimum Gasteiger partial charge on any atom is -0.490 e. The number of primary amides is 1. The van der Waals surface area contributed by atoms with Gasteiger partial charge in [-0.15, -0.1) is 0 Å². The van der Waals surface area contributed by atoms with E-state index >= 15 is 0 Å². The summed E-state index contributed by atoms with van der Waals surface area (Å²) in [6.07, 6.45) is 0.0540. The van der Waals surface area contributed by atoms with Crippen LogP contribution in [0, 0.1) is 0 Å². The fraction of sp³-hybridized carbons (Fsp3) is 0.385. The van der Waals surface area contributed by atoms with Crippen molar-refractivity contribution in [3.05, 3.63) is 29.8 Å². The molecule has 1 aromatic carbocycles. The number of amides is 1. The smallest absolute Gasteiger partial charge is 0.332 e. The molecule has 2 unspecified atom stereocenters. The predicted molar refractivity (Wildman–Crippen MR) is 66.0 cm³/mol. The zero-order valence-corrected chi connectivity index (χ0v) is 10.2. The number of para-hydroxylation sites is 1. The maximum Gasteiger partial charge on any atom is 0.332 e. The molecule has 0 bridgehead atoms. The molecule has 0 aromatic heterocycles. The number of rotatable bonds is 5. The van der Waals surface area contributed by atoms with Crippen molar-refractivity contribution in [3.8, 4) is 5.75 Å². The van der Waals surface area contributed by atoms with Gasteiger partial charge < -0.3 is 20.3 Å². The van der Waals surface area contributed by atoms with Crippen LogP contribution in [0.25, 0.3) is 0 Å². The van der Waals surface area contributed by atoms with Gasteiger partial charge in [0.1, 0.15) is 12.4 Å². The van der Waals surface area contributed by atoms with Crippen LogP contribution in [-0.2, 0) is 9.53 Å². The molecule has 3 N–H and O–H groups in total. The van der Waals surface area contributed by atoms with Gasteiger partial charge in [0.05, 0.1) is 11.7 Å². The molecule has 2 atom stereocenters. The third-order valence-electron chi connectivity index (χ3n) is 2.96. The number of hydrogen-bond acceptors (Lipinski definition) is 4. The molecule has 0 radical (unpaired) electrons. The Morgan fingerprint density at radius 3 is 2.74 bits per heavy atom. The van der Waals surface area contributed by atoms with Crippen molar-refractivity contribution in [2.24, 2.45) is 5.73 Å². The van der Waals surface area contributed by atoms with Crippen LogP contribution in [0.2, 0.25) is 0 Å². The van der Waals surface area contributed by atoms with Crippen LogP contribution in [0.15, 0.2) is 24.3 Å². The Morgan fingerprint density at radius 2 is 2.11 bits per heavy atom. The number of ether oxygens (including phenoxy) is 2. The number of benzene rings is 1. The highest BCUT2D eigenvalue weighted by Gasteiger charge is 2.30. The zero-order valence-electron chi connectivity index (χ0n) is 10.2. The van der Waals surface area contributed by atoms with Crippen molar-refractivity contribution in [1.82, 2.24) is 0 Å². The van der Waals surface area contributed by atoms with E-state index in [4.69, 9.17) is 20.3 Å². The molecule has 102 valence electrons.